The summed E-state index contributed by atoms with van der Waals surface area (Å²) in [5.74, 6) is -0.135. The number of carbonyl (C=O) groups is 1. The van der Waals surface area contributed by atoms with Crippen molar-refractivity contribution in [1.29, 1.82) is 5.26 Å². The maximum Gasteiger partial charge on any atom is 0.186 e. The molecule has 0 aliphatic carbocycles. The number of benzene rings is 1. The van der Waals surface area contributed by atoms with E-state index in [1.165, 1.54) is 11.5 Å². The highest BCUT2D eigenvalue weighted by atomic mass is 35.5. The Hall–Kier alpha value is -1.24. The third-order valence-electron chi connectivity index (χ3n) is 1.47. The summed E-state index contributed by atoms with van der Waals surface area (Å²) >= 11 is 6.58. The molecule has 0 unspecified atom stereocenters. The minimum absolute atomic E-state index is 0.135. The molecule has 1 aromatic carbocycles. The van der Waals surface area contributed by atoms with Crippen molar-refractivity contribution in [3.05, 3.63) is 46.3 Å². The number of hydrogen-bond acceptors (Lipinski definition) is 3. The number of allylic oxidation sites excluding steroid dienone is 1. The van der Waals surface area contributed by atoms with Gasteiger partial charge in [0.15, 0.2) is 5.78 Å². The fourth-order valence-electron chi connectivity index (χ4n) is 0.837. The van der Waals surface area contributed by atoms with Crippen molar-refractivity contribution in [2.24, 2.45) is 0 Å². The van der Waals surface area contributed by atoms with E-state index in [0.29, 0.717) is 10.6 Å². The highest BCUT2D eigenvalue weighted by molar-refractivity contribution is 8.06. The van der Waals surface area contributed by atoms with E-state index in [4.69, 9.17) is 16.9 Å². The Balaban J connectivity index is 2.71. The van der Waals surface area contributed by atoms with E-state index >= 15 is 0 Å². The van der Waals surface area contributed by atoms with Crippen LogP contribution in [0.15, 0.2) is 35.7 Å². The van der Waals surface area contributed by atoms with Crippen LogP contribution in [0.4, 0.5) is 0 Å². The van der Waals surface area contributed by atoms with Crippen molar-refractivity contribution in [3.63, 3.8) is 0 Å². The molecule has 0 heterocycles. The summed E-state index contributed by atoms with van der Waals surface area (Å²) in [5, 5.41) is 12.1. The molecular weight excluding hydrogens is 218 g/mol. The summed E-state index contributed by atoms with van der Waals surface area (Å²) in [4.78, 5) is 11.4. The van der Waals surface area contributed by atoms with Crippen LogP contribution in [-0.2, 0) is 0 Å². The lowest BCUT2D eigenvalue weighted by Crippen LogP contribution is -1.92. The Morgan fingerprint density at radius 1 is 1.43 bits per heavy atom. The van der Waals surface area contributed by atoms with Crippen LogP contribution in [-0.4, -0.2) is 5.78 Å². The van der Waals surface area contributed by atoms with Crippen LogP contribution in [0.5, 0.6) is 0 Å². The molecule has 0 aromatic heterocycles. The maximum absolute atomic E-state index is 11.4. The number of nitriles is 1. The van der Waals surface area contributed by atoms with Crippen LogP contribution in [0, 0.1) is 10.7 Å². The fourth-order valence-corrected chi connectivity index (χ4v) is 1.22. The molecule has 0 saturated heterocycles. The first-order chi connectivity index (χ1) is 6.74. The smallest absolute Gasteiger partial charge is 0.186 e. The van der Waals surface area contributed by atoms with Gasteiger partial charge in [0.2, 0.25) is 0 Å². The van der Waals surface area contributed by atoms with Crippen molar-refractivity contribution >= 4 is 29.1 Å². The maximum atomic E-state index is 11.4. The monoisotopic (exact) mass is 223 g/mol. The molecule has 0 spiro atoms. The van der Waals surface area contributed by atoms with Gasteiger partial charge in [-0.25, -0.2) is 0 Å². The van der Waals surface area contributed by atoms with Gasteiger partial charge < -0.3 is 0 Å². The zero-order valence-corrected chi connectivity index (χ0v) is 8.68. The summed E-state index contributed by atoms with van der Waals surface area (Å²) in [7, 11) is 0. The predicted octanol–water partition coefficient (Wildman–Crippen LogP) is 3.25. The van der Waals surface area contributed by atoms with E-state index in [1.54, 1.807) is 24.3 Å². The molecule has 0 amide bonds. The molecular formula is C10H6ClNOS. The van der Waals surface area contributed by atoms with Gasteiger partial charge in [0.1, 0.15) is 5.40 Å². The van der Waals surface area contributed by atoms with Crippen LogP contribution in [0.25, 0.3) is 0 Å². The Bertz CT molecular complexity index is 392. The second kappa shape index (κ2) is 5.48. The highest BCUT2D eigenvalue weighted by Gasteiger charge is 1.99. The summed E-state index contributed by atoms with van der Waals surface area (Å²) in [5.41, 5.74) is 0.559. The van der Waals surface area contributed by atoms with Gasteiger partial charge in [-0.15, -0.1) is 0 Å². The van der Waals surface area contributed by atoms with Crippen molar-refractivity contribution in [2.75, 3.05) is 0 Å². The Kier molecular flexibility index (Phi) is 4.24. The van der Waals surface area contributed by atoms with Crippen LogP contribution >= 0.6 is 23.4 Å². The minimum atomic E-state index is -0.135. The average molecular weight is 224 g/mol. The van der Waals surface area contributed by atoms with E-state index in [0.717, 1.165) is 11.8 Å². The van der Waals surface area contributed by atoms with E-state index in [9.17, 15) is 4.79 Å². The summed E-state index contributed by atoms with van der Waals surface area (Å²) in [6.07, 6.45) is 1.36. The molecule has 0 saturated carbocycles. The summed E-state index contributed by atoms with van der Waals surface area (Å²) < 4.78 is 0. The molecule has 14 heavy (non-hydrogen) atoms. The molecule has 1 rings (SSSR count). The van der Waals surface area contributed by atoms with Gasteiger partial charge >= 0.3 is 0 Å². The minimum Gasteiger partial charge on any atom is -0.289 e. The second-order valence-corrected chi connectivity index (χ2v) is 3.51. The first-order valence-electron chi connectivity index (χ1n) is 3.75. The zero-order valence-electron chi connectivity index (χ0n) is 7.11. The Morgan fingerprint density at radius 3 is 2.64 bits per heavy atom. The number of rotatable bonds is 3. The quantitative estimate of drug-likeness (QED) is 0.449. The molecule has 0 aliphatic heterocycles. The van der Waals surface area contributed by atoms with Gasteiger partial charge in [-0.2, -0.15) is 5.26 Å². The van der Waals surface area contributed by atoms with Gasteiger partial charge in [0.25, 0.3) is 0 Å². The van der Waals surface area contributed by atoms with Gasteiger partial charge in [0.05, 0.1) is 0 Å². The van der Waals surface area contributed by atoms with E-state index in [-0.39, 0.29) is 5.78 Å². The highest BCUT2D eigenvalue weighted by Crippen LogP contribution is 2.11. The lowest BCUT2D eigenvalue weighted by atomic mass is 10.1. The van der Waals surface area contributed by atoms with Crippen LogP contribution in [0.1, 0.15) is 10.4 Å². The number of nitrogens with zero attached hydrogens (tertiary/aromatic N) is 1. The van der Waals surface area contributed by atoms with Crippen molar-refractivity contribution in [3.8, 4) is 5.40 Å². The van der Waals surface area contributed by atoms with E-state index < -0.39 is 0 Å². The average Bonchev–Trinajstić information content (AvgIpc) is 2.19. The third-order valence-corrected chi connectivity index (χ3v) is 2.10. The predicted molar refractivity (Wildman–Crippen MR) is 58.1 cm³/mol. The molecule has 1 aromatic rings. The molecule has 0 atom stereocenters. The number of ketones is 1. The molecule has 0 radical (unpaired) electrons. The van der Waals surface area contributed by atoms with Gasteiger partial charge in [0, 0.05) is 10.6 Å². The van der Waals surface area contributed by atoms with Crippen LogP contribution in [0.3, 0.4) is 0 Å². The largest absolute Gasteiger partial charge is 0.289 e. The topological polar surface area (TPSA) is 40.9 Å². The van der Waals surface area contributed by atoms with Crippen molar-refractivity contribution in [1.82, 2.24) is 0 Å². The van der Waals surface area contributed by atoms with Crippen molar-refractivity contribution < 1.29 is 4.79 Å². The molecule has 70 valence electrons. The molecule has 0 bridgehead atoms. The first kappa shape index (κ1) is 10.8. The molecule has 0 aliphatic rings. The molecule has 2 nitrogen and oxygen atoms in total. The molecule has 0 fully saturated rings. The first-order valence-corrected chi connectivity index (χ1v) is 5.01. The van der Waals surface area contributed by atoms with E-state index in [2.05, 4.69) is 0 Å². The zero-order chi connectivity index (χ0) is 10.4. The number of thioether (sulfide) groups is 1. The number of halogens is 1. The molecule has 4 heteroatoms. The fraction of sp³-hybridized carbons (Fsp3) is 0. The second-order valence-electron chi connectivity index (χ2n) is 2.38. The molecule has 0 N–H and O–H groups in total. The number of thiocyanates is 1. The van der Waals surface area contributed by atoms with Crippen molar-refractivity contribution in [2.45, 2.75) is 0 Å². The van der Waals surface area contributed by atoms with Crippen LogP contribution < -0.4 is 0 Å². The third kappa shape index (κ3) is 3.25. The van der Waals surface area contributed by atoms with Gasteiger partial charge in [-0.1, -0.05) is 11.6 Å². The Labute approximate surface area is 91.2 Å². The lowest BCUT2D eigenvalue weighted by Gasteiger charge is -1.94. The standard InChI is InChI=1S/C10H6ClNOS/c11-9-3-1-8(2-4-9)10(13)5-6-14-7-12/h1-6H. The Morgan fingerprint density at radius 2 is 2.07 bits per heavy atom. The normalized spacial score (nSPS) is 10.0. The SMILES string of the molecule is N#CSC=CC(=O)c1ccc(Cl)cc1. The van der Waals surface area contributed by atoms with Gasteiger partial charge in [-0.05, 0) is 47.5 Å². The van der Waals surface area contributed by atoms with Gasteiger partial charge in [-0.3, -0.25) is 4.79 Å². The summed E-state index contributed by atoms with van der Waals surface area (Å²) in [6, 6.07) is 6.60. The van der Waals surface area contributed by atoms with Crippen LogP contribution in [0.2, 0.25) is 5.02 Å². The summed E-state index contributed by atoms with van der Waals surface area (Å²) in [6.45, 7) is 0. The lowest BCUT2D eigenvalue weighted by molar-refractivity contribution is 0.104. The van der Waals surface area contributed by atoms with E-state index in [1.807, 2.05) is 5.40 Å². The number of carbonyl (C=O) groups excluding carboxylic acids is 1. The number of hydrogen-bond donors (Lipinski definition) is 0.